The molecule has 0 aliphatic carbocycles. The van der Waals surface area contributed by atoms with Crippen LogP contribution >= 0.6 is 45.4 Å². The number of hydrogen-bond acceptors (Lipinski definition) is 5. The highest BCUT2D eigenvalue weighted by Crippen LogP contribution is 2.31. The van der Waals surface area contributed by atoms with E-state index in [1.54, 1.807) is 0 Å². The molecular formula is C9H11ClN2O2S3. The summed E-state index contributed by atoms with van der Waals surface area (Å²) < 4.78 is 0. The van der Waals surface area contributed by atoms with Crippen LogP contribution in [-0.2, 0) is 10.5 Å². The van der Waals surface area contributed by atoms with Gasteiger partial charge in [0.15, 0.2) is 0 Å². The van der Waals surface area contributed by atoms with Crippen molar-refractivity contribution in [3.63, 3.8) is 0 Å². The van der Waals surface area contributed by atoms with Crippen molar-refractivity contribution in [2.45, 2.75) is 5.75 Å². The number of thiophene rings is 1. The Hall–Kier alpha value is -0.370. The third-order valence-corrected chi connectivity index (χ3v) is 4.31. The second-order valence-corrected chi connectivity index (χ2v) is 5.61. The molecule has 94 valence electrons. The van der Waals surface area contributed by atoms with Gasteiger partial charge < -0.3 is 10.6 Å². The Morgan fingerprint density at radius 1 is 1.59 bits per heavy atom. The molecule has 2 N–H and O–H groups in total. The maximum atomic E-state index is 11.7. The first-order chi connectivity index (χ1) is 8.10. The summed E-state index contributed by atoms with van der Waals surface area (Å²) in [5.74, 6) is 0.0532. The number of halogens is 1. The van der Waals surface area contributed by atoms with Crippen LogP contribution in [0.5, 0.6) is 0 Å². The summed E-state index contributed by atoms with van der Waals surface area (Å²) in [6.45, 7) is -0.0553. The van der Waals surface area contributed by atoms with Crippen LogP contribution in [0.25, 0.3) is 0 Å². The number of carbonyl (C=O) groups excluding carboxylic acids is 2. The average molecular weight is 311 g/mol. The van der Waals surface area contributed by atoms with Gasteiger partial charge in [-0.1, -0.05) is 22.4 Å². The van der Waals surface area contributed by atoms with Crippen molar-refractivity contribution in [3.05, 3.63) is 20.8 Å². The second-order valence-electron chi connectivity index (χ2n) is 3.03. The molecule has 2 amide bonds. The molecule has 0 saturated heterocycles. The van der Waals surface area contributed by atoms with Gasteiger partial charge in [-0.25, -0.2) is 0 Å². The first kappa shape index (κ1) is 14.7. The fourth-order valence-electron chi connectivity index (χ4n) is 1.03. The highest BCUT2D eigenvalue weighted by molar-refractivity contribution is 8.68. The second kappa shape index (κ2) is 7.15. The van der Waals surface area contributed by atoms with Gasteiger partial charge in [0.25, 0.3) is 5.91 Å². The van der Waals surface area contributed by atoms with E-state index < -0.39 is 0 Å². The Morgan fingerprint density at radius 3 is 2.88 bits per heavy atom. The quantitative estimate of drug-likeness (QED) is 0.575. The third kappa shape index (κ3) is 4.09. The minimum Gasteiger partial charge on any atom is -0.358 e. The van der Waals surface area contributed by atoms with Crippen molar-refractivity contribution < 1.29 is 9.59 Å². The van der Waals surface area contributed by atoms with Crippen LogP contribution in [0.2, 0.25) is 5.02 Å². The van der Waals surface area contributed by atoms with E-state index in [9.17, 15) is 9.59 Å². The van der Waals surface area contributed by atoms with Crippen molar-refractivity contribution in [1.29, 1.82) is 0 Å². The maximum Gasteiger partial charge on any atom is 0.263 e. The number of carbonyl (C=O) groups is 2. The van der Waals surface area contributed by atoms with Crippen LogP contribution in [-0.4, -0.2) is 25.4 Å². The van der Waals surface area contributed by atoms with Crippen LogP contribution in [0.1, 0.15) is 15.2 Å². The normalized spacial score (nSPS) is 10.1. The molecule has 0 aliphatic rings. The van der Waals surface area contributed by atoms with E-state index in [1.165, 1.54) is 29.2 Å². The van der Waals surface area contributed by atoms with E-state index in [4.69, 9.17) is 11.6 Å². The summed E-state index contributed by atoms with van der Waals surface area (Å²) in [5, 5.41) is 7.17. The molecule has 0 aromatic carbocycles. The van der Waals surface area contributed by atoms with E-state index >= 15 is 0 Å². The monoisotopic (exact) mass is 310 g/mol. The number of nitrogens with one attached hydrogen (secondary N) is 2. The molecule has 0 bridgehead atoms. The molecule has 0 unspecified atom stereocenters. The first-order valence-electron chi connectivity index (χ1n) is 4.61. The number of likely N-dealkylation sites (N-methyl/N-ethyl adjacent to an activating group) is 1. The van der Waals surface area contributed by atoms with Crippen molar-refractivity contribution in [2.75, 3.05) is 13.6 Å². The largest absolute Gasteiger partial charge is 0.358 e. The average Bonchev–Trinajstić information content (AvgIpc) is 2.68. The van der Waals surface area contributed by atoms with Gasteiger partial charge in [-0.05, 0) is 10.9 Å². The van der Waals surface area contributed by atoms with E-state index in [-0.39, 0.29) is 18.4 Å². The Kier molecular flexibility index (Phi) is 6.18. The lowest BCUT2D eigenvalue weighted by Gasteiger charge is -2.03. The number of thiol groups is 1. The fourth-order valence-corrected chi connectivity index (χ4v) is 3.28. The molecule has 1 heterocycles. The van der Waals surface area contributed by atoms with Crippen LogP contribution in [0.4, 0.5) is 0 Å². The van der Waals surface area contributed by atoms with Crippen LogP contribution in [0.3, 0.4) is 0 Å². The highest BCUT2D eigenvalue weighted by Gasteiger charge is 2.16. The molecule has 17 heavy (non-hydrogen) atoms. The predicted molar refractivity (Wildman–Crippen MR) is 76.0 cm³/mol. The zero-order valence-electron chi connectivity index (χ0n) is 8.95. The molecule has 8 heteroatoms. The number of rotatable bonds is 5. The van der Waals surface area contributed by atoms with Crippen molar-refractivity contribution in [1.82, 2.24) is 10.6 Å². The van der Waals surface area contributed by atoms with Gasteiger partial charge in [0.05, 0.1) is 11.6 Å². The number of hydrogen-bond donors (Lipinski definition) is 3. The molecule has 1 aromatic rings. The van der Waals surface area contributed by atoms with Crippen LogP contribution in [0, 0.1) is 0 Å². The first-order valence-corrected chi connectivity index (χ1v) is 7.90. The smallest absolute Gasteiger partial charge is 0.263 e. The molecule has 4 nitrogen and oxygen atoms in total. The summed E-state index contributed by atoms with van der Waals surface area (Å²) in [5.41, 5.74) is 0.877. The Bertz CT molecular complexity index is 422. The predicted octanol–water partition coefficient (Wildman–Crippen LogP) is 1.96. The van der Waals surface area contributed by atoms with Crippen LogP contribution < -0.4 is 10.6 Å². The van der Waals surface area contributed by atoms with Crippen molar-refractivity contribution >= 4 is 57.2 Å². The fraction of sp³-hybridized carbons (Fsp3) is 0.333. The van der Waals surface area contributed by atoms with Gasteiger partial charge in [0.2, 0.25) is 5.91 Å². The van der Waals surface area contributed by atoms with Gasteiger partial charge in [0.1, 0.15) is 4.88 Å². The van der Waals surface area contributed by atoms with E-state index in [0.717, 1.165) is 5.56 Å². The van der Waals surface area contributed by atoms with Gasteiger partial charge in [-0.3, -0.25) is 9.59 Å². The van der Waals surface area contributed by atoms with Gasteiger partial charge >= 0.3 is 0 Å². The lowest BCUT2D eigenvalue weighted by Crippen LogP contribution is -2.34. The van der Waals surface area contributed by atoms with E-state index in [1.807, 2.05) is 5.38 Å². The molecule has 0 saturated carbocycles. The lowest BCUT2D eigenvalue weighted by molar-refractivity contribution is -0.119. The molecule has 0 aliphatic heterocycles. The lowest BCUT2D eigenvalue weighted by atomic mass is 10.3. The zero-order valence-corrected chi connectivity index (χ0v) is 12.2. The van der Waals surface area contributed by atoms with Gasteiger partial charge in [-0.2, -0.15) is 0 Å². The summed E-state index contributed by atoms with van der Waals surface area (Å²) >= 11 is 11.3. The molecule has 0 atom stereocenters. The van der Waals surface area contributed by atoms with Gasteiger partial charge in [0, 0.05) is 12.8 Å². The maximum absolute atomic E-state index is 11.7. The number of amides is 2. The molecule has 1 rings (SSSR count). The summed E-state index contributed by atoms with van der Waals surface area (Å²) in [4.78, 5) is 23.1. The summed E-state index contributed by atoms with van der Waals surface area (Å²) in [7, 11) is 2.85. The minimum atomic E-state index is -0.334. The Labute approximate surface area is 117 Å². The molecule has 1 aromatic heterocycles. The molecule has 0 fully saturated rings. The topological polar surface area (TPSA) is 58.2 Å². The standard InChI is InChI=1S/C9H11ClN2O2S3/c1-11-6(13)2-12-9(14)8-7(10)5(3-16-8)4-17-15/h3,15H,2,4H2,1H3,(H,11,13)(H,12,14). The van der Waals surface area contributed by atoms with Gasteiger partial charge in [-0.15, -0.1) is 23.0 Å². The van der Waals surface area contributed by atoms with E-state index in [0.29, 0.717) is 15.7 Å². The minimum absolute atomic E-state index is 0.0553. The van der Waals surface area contributed by atoms with Crippen molar-refractivity contribution in [3.8, 4) is 0 Å². The van der Waals surface area contributed by atoms with Crippen molar-refractivity contribution in [2.24, 2.45) is 0 Å². The molecule has 0 radical (unpaired) electrons. The third-order valence-electron chi connectivity index (χ3n) is 1.91. The van der Waals surface area contributed by atoms with Crippen LogP contribution in [0.15, 0.2) is 5.38 Å². The summed E-state index contributed by atoms with van der Waals surface area (Å²) in [6, 6.07) is 0. The Morgan fingerprint density at radius 2 is 2.29 bits per heavy atom. The zero-order chi connectivity index (χ0) is 12.8. The Balaban J connectivity index is 2.66. The molecular weight excluding hydrogens is 300 g/mol. The highest BCUT2D eigenvalue weighted by atomic mass is 35.5. The summed E-state index contributed by atoms with van der Waals surface area (Å²) in [6.07, 6.45) is 0. The SMILES string of the molecule is CNC(=O)CNC(=O)c1scc(CSS)c1Cl. The molecule has 0 spiro atoms. The van der Waals surface area contributed by atoms with E-state index in [2.05, 4.69) is 22.3 Å².